The summed E-state index contributed by atoms with van der Waals surface area (Å²) >= 11 is 0. The van der Waals surface area contributed by atoms with Crippen LogP contribution in [0, 0.1) is 0 Å². The van der Waals surface area contributed by atoms with Crippen molar-refractivity contribution in [3.05, 3.63) is 61.2 Å². The maximum absolute atomic E-state index is 5.55. The maximum Gasteiger partial charge on any atom is 0.251 e. The summed E-state index contributed by atoms with van der Waals surface area (Å²) in [7, 11) is 3.23. The summed E-state index contributed by atoms with van der Waals surface area (Å²) in [5.41, 5.74) is 2.53. The van der Waals surface area contributed by atoms with Gasteiger partial charge in [0.05, 0.1) is 38.6 Å². The van der Waals surface area contributed by atoms with Crippen LogP contribution in [0.1, 0.15) is 0 Å². The van der Waals surface area contributed by atoms with E-state index in [1.54, 1.807) is 49.6 Å². The second-order valence-electron chi connectivity index (χ2n) is 6.20. The molecule has 0 unspecified atom stereocenters. The molecule has 1 aromatic carbocycles. The zero-order chi connectivity index (χ0) is 19.8. The highest BCUT2D eigenvalue weighted by molar-refractivity contribution is 5.75. The molecule has 29 heavy (non-hydrogen) atoms. The minimum atomic E-state index is 0.423. The summed E-state index contributed by atoms with van der Waals surface area (Å²) in [6.07, 6.45) is 4.97. The van der Waals surface area contributed by atoms with Gasteiger partial charge < -0.3 is 18.3 Å². The van der Waals surface area contributed by atoms with Crippen molar-refractivity contribution in [3.8, 4) is 45.7 Å². The molecule has 5 aromatic rings. The molecule has 0 atom stereocenters. The largest absolute Gasteiger partial charge is 0.497 e. The van der Waals surface area contributed by atoms with Gasteiger partial charge in [0, 0.05) is 5.56 Å². The molecular formula is C21H16N4O4. The van der Waals surface area contributed by atoms with Crippen LogP contribution in [0.2, 0.25) is 0 Å². The smallest absolute Gasteiger partial charge is 0.251 e. The van der Waals surface area contributed by atoms with Crippen molar-refractivity contribution in [1.82, 2.24) is 19.6 Å². The number of nitrogens with zero attached hydrogens (tertiary/aromatic N) is 4. The number of aromatic nitrogens is 4. The molecule has 4 aromatic heterocycles. The van der Waals surface area contributed by atoms with E-state index >= 15 is 0 Å². The first-order valence-electron chi connectivity index (χ1n) is 8.84. The normalized spacial score (nSPS) is 11.1. The number of ether oxygens (including phenoxy) is 2. The predicted molar refractivity (Wildman–Crippen MR) is 105 cm³/mol. The minimum Gasteiger partial charge on any atom is -0.497 e. The first-order valence-corrected chi connectivity index (χ1v) is 8.84. The number of imidazole rings is 1. The molecule has 144 valence electrons. The highest BCUT2D eigenvalue weighted by Gasteiger charge is 2.20. The van der Waals surface area contributed by atoms with Crippen LogP contribution in [0.4, 0.5) is 0 Å². The van der Waals surface area contributed by atoms with Gasteiger partial charge in [0.1, 0.15) is 17.2 Å². The van der Waals surface area contributed by atoms with Gasteiger partial charge in [0.15, 0.2) is 17.2 Å². The van der Waals surface area contributed by atoms with E-state index in [4.69, 9.17) is 18.3 Å². The topological polar surface area (TPSA) is 87.8 Å². The van der Waals surface area contributed by atoms with Gasteiger partial charge in [-0.3, -0.25) is 0 Å². The molecule has 0 radical (unpaired) electrons. The summed E-state index contributed by atoms with van der Waals surface area (Å²) in [5, 5.41) is 4.68. The van der Waals surface area contributed by atoms with Crippen molar-refractivity contribution >= 4 is 5.78 Å². The summed E-state index contributed by atoms with van der Waals surface area (Å²) in [6.45, 7) is 0. The van der Waals surface area contributed by atoms with Crippen LogP contribution in [0.5, 0.6) is 11.5 Å². The zero-order valence-electron chi connectivity index (χ0n) is 15.7. The quantitative estimate of drug-likeness (QED) is 0.443. The van der Waals surface area contributed by atoms with Crippen molar-refractivity contribution in [2.75, 3.05) is 14.2 Å². The highest BCUT2D eigenvalue weighted by Crippen LogP contribution is 2.34. The molecule has 0 spiro atoms. The molecular weight excluding hydrogens is 372 g/mol. The van der Waals surface area contributed by atoms with Crippen LogP contribution >= 0.6 is 0 Å². The lowest BCUT2D eigenvalue weighted by Crippen LogP contribution is -2.00. The van der Waals surface area contributed by atoms with E-state index in [-0.39, 0.29) is 0 Å². The third-order valence-corrected chi connectivity index (χ3v) is 4.51. The predicted octanol–water partition coefficient (Wildman–Crippen LogP) is 4.33. The van der Waals surface area contributed by atoms with E-state index in [1.165, 1.54) is 0 Å². The van der Waals surface area contributed by atoms with Crippen LogP contribution in [-0.4, -0.2) is 33.8 Å². The fourth-order valence-corrected chi connectivity index (χ4v) is 3.13. The SMILES string of the molecule is COc1ccc(OC)c(-c2cn3nc(-c4ccco4)c(-c4ccco4)nc3n2)c1. The molecule has 0 aliphatic heterocycles. The van der Waals surface area contributed by atoms with Crippen LogP contribution in [0.3, 0.4) is 0 Å². The Kier molecular flexibility index (Phi) is 4.02. The average Bonchev–Trinajstić information content (AvgIpc) is 3.53. The van der Waals surface area contributed by atoms with E-state index in [2.05, 4.69) is 15.1 Å². The number of hydrogen-bond donors (Lipinski definition) is 0. The van der Waals surface area contributed by atoms with Crippen molar-refractivity contribution in [2.45, 2.75) is 0 Å². The van der Waals surface area contributed by atoms with Crippen molar-refractivity contribution in [2.24, 2.45) is 0 Å². The lowest BCUT2D eigenvalue weighted by Gasteiger charge is -2.08. The summed E-state index contributed by atoms with van der Waals surface area (Å²) in [4.78, 5) is 9.32. The van der Waals surface area contributed by atoms with Gasteiger partial charge in [0.2, 0.25) is 0 Å². The van der Waals surface area contributed by atoms with Crippen LogP contribution in [0.25, 0.3) is 39.9 Å². The van der Waals surface area contributed by atoms with E-state index in [1.807, 2.05) is 30.3 Å². The molecule has 4 heterocycles. The maximum atomic E-state index is 5.55. The van der Waals surface area contributed by atoms with Crippen molar-refractivity contribution in [3.63, 3.8) is 0 Å². The molecule has 0 aliphatic rings. The van der Waals surface area contributed by atoms with E-state index in [9.17, 15) is 0 Å². The first kappa shape index (κ1) is 17.1. The van der Waals surface area contributed by atoms with Crippen LogP contribution in [0.15, 0.2) is 70.0 Å². The fourth-order valence-electron chi connectivity index (χ4n) is 3.13. The standard InChI is InChI=1S/C21H16N4O4/c1-26-13-7-8-16(27-2)14(11-13)15-12-25-21(22-15)23-19(17-5-3-9-28-17)20(24-25)18-6-4-10-29-18/h3-12H,1-2H3. The molecule has 8 nitrogen and oxygen atoms in total. The Labute approximate surface area is 165 Å². The van der Waals surface area contributed by atoms with Gasteiger partial charge in [-0.05, 0) is 42.5 Å². The van der Waals surface area contributed by atoms with Gasteiger partial charge in [-0.1, -0.05) is 0 Å². The molecule has 8 heteroatoms. The molecule has 0 fully saturated rings. The Morgan fingerprint density at radius 3 is 2.28 bits per heavy atom. The lowest BCUT2D eigenvalue weighted by molar-refractivity contribution is 0.404. The van der Waals surface area contributed by atoms with E-state index in [0.717, 1.165) is 5.56 Å². The Balaban J connectivity index is 1.72. The molecule has 5 rings (SSSR count). The number of hydrogen-bond acceptors (Lipinski definition) is 7. The van der Waals surface area contributed by atoms with Gasteiger partial charge >= 0.3 is 0 Å². The van der Waals surface area contributed by atoms with Gasteiger partial charge in [0.25, 0.3) is 5.78 Å². The molecule has 0 saturated heterocycles. The minimum absolute atomic E-state index is 0.423. The van der Waals surface area contributed by atoms with Crippen LogP contribution < -0.4 is 9.47 Å². The lowest BCUT2D eigenvalue weighted by atomic mass is 10.1. The van der Waals surface area contributed by atoms with E-state index in [0.29, 0.717) is 45.9 Å². The molecule has 0 bridgehead atoms. The first-order chi connectivity index (χ1) is 14.3. The van der Waals surface area contributed by atoms with Crippen LogP contribution in [-0.2, 0) is 0 Å². The van der Waals surface area contributed by atoms with Gasteiger partial charge in [-0.25, -0.2) is 14.5 Å². The molecule has 0 saturated carbocycles. The second-order valence-corrected chi connectivity index (χ2v) is 6.20. The monoisotopic (exact) mass is 388 g/mol. The molecule has 0 N–H and O–H groups in total. The Bertz CT molecular complexity index is 1200. The second kappa shape index (κ2) is 6.83. The Morgan fingerprint density at radius 2 is 1.62 bits per heavy atom. The summed E-state index contributed by atoms with van der Waals surface area (Å²) < 4.78 is 23.5. The zero-order valence-corrected chi connectivity index (χ0v) is 15.7. The number of methoxy groups -OCH3 is 2. The van der Waals surface area contributed by atoms with Gasteiger partial charge in [-0.15, -0.1) is 0 Å². The Hall–Kier alpha value is -4.07. The molecule has 0 amide bonds. The van der Waals surface area contributed by atoms with Gasteiger partial charge in [-0.2, -0.15) is 5.10 Å². The molecule has 0 aliphatic carbocycles. The number of rotatable bonds is 5. The Morgan fingerprint density at radius 1 is 0.862 bits per heavy atom. The number of benzene rings is 1. The summed E-state index contributed by atoms with van der Waals surface area (Å²) in [6, 6.07) is 12.8. The number of furan rings is 2. The van der Waals surface area contributed by atoms with Crippen molar-refractivity contribution in [1.29, 1.82) is 0 Å². The third-order valence-electron chi connectivity index (χ3n) is 4.51. The highest BCUT2D eigenvalue weighted by atomic mass is 16.5. The third kappa shape index (κ3) is 2.91. The average molecular weight is 388 g/mol. The number of fused-ring (bicyclic) bond motifs is 1. The van der Waals surface area contributed by atoms with E-state index < -0.39 is 0 Å². The van der Waals surface area contributed by atoms with Crippen molar-refractivity contribution < 1.29 is 18.3 Å². The summed E-state index contributed by atoms with van der Waals surface area (Å²) in [5.74, 6) is 2.96. The fraction of sp³-hybridized carbons (Fsp3) is 0.0952.